The summed E-state index contributed by atoms with van der Waals surface area (Å²) in [5, 5.41) is 3.46. The maximum Gasteiger partial charge on any atom is 0.125 e. The molecule has 3 nitrogen and oxygen atoms in total. The van der Waals surface area contributed by atoms with Crippen LogP contribution in [-0.2, 0) is 6.42 Å². The summed E-state index contributed by atoms with van der Waals surface area (Å²) >= 11 is 0. The maximum atomic E-state index is 5.86. The summed E-state index contributed by atoms with van der Waals surface area (Å²) in [6.07, 6.45) is 0.918. The molecular weight excluding hydrogens is 238 g/mol. The molecular formula is C16H21NO2. The third kappa shape index (κ3) is 3.18. The van der Waals surface area contributed by atoms with Crippen molar-refractivity contribution in [3.05, 3.63) is 53.5 Å². The highest BCUT2D eigenvalue weighted by Gasteiger charge is 2.16. The van der Waals surface area contributed by atoms with Gasteiger partial charge in [0, 0.05) is 6.42 Å². The third-order valence-electron chi connectivity index (χ3n) is 3.17. The van der Waals surface area contributed by atoms with Crippen LogP contribution in [0, 0.1) is 0 Å². The Morgan fingerprint density at radius 3 is 2.37 bits per heavy atom. The quantitative estimate of drug-likeness (QED) is 0.861. The van der Waals surface area contributed by atoms with Gasteiger partial charge in [0.15, 0.2) is 0 Å². The van der Waals surface area contributed by atoms with Crippen LogP contribution in [0.15, 0.2) is 40.8 Å². The first-order valence-electron chi connectivity index (χ1n) is 6.74. The van der Waals surface area contributed by atoms with Crippen molar-refractivity contribution in [3.63, 3.8) is 0 Å². The molecule has 1 heterocycles. The lowest BCUT2D eigenvalue weighted by Gasteiger charge is -2.16. The molecule has 19 heavy (non-hydrogen) atoms. The number of benzene rings is 1. The fraction of sp³-hybridized carbons (Fsp3) is 0.375. The van der Waals surface area contributed by atoms with Crippen LogP contribution in [0.5, 0.6) is 5.75 Å². The van der Waals surface area contributed by atoms with E-state index >= 15 is 0 Å². The Hall–Kier alpha value is -1.74. The highest BCUT2D eigenvalue weighted by Crippen LogP contribution is 2.25. The van der Waals surface area contributed by atoms with Gasteiger partial charge in [0.1, 0.15) is 17.3 Å². The molecule has 1 atom stereocenters. The smallest absolute Gasteiger partial charge is 0.125 e. The molecule has 0 fully saturated rings. The van der Waals surface area contributed by atoms with Crippen LogP contribution < -0.4 is 10.1 Å². The van der Waals surface area contributed by atoms with E-state index in [9.17, 15) is 0 Å². The second-order valence-electron chi connectivity index (χ2n) is 4.42. The van der Waals surface area contributed by atoms with Gasteiger partial charge in [-0.25, -0.2) is 0 Å². The molecule has 0 saturated carbocycles. The van der Waals surface area contributed by atoms with Crippen molar-refractivity contribution in [1.29, 1.82) is 0 Å². The standard InChI is InChI=1S/C16H21NO2/c1-4-13-10-11-15(19-13)16(17-5-2)12-6-8-14(18-3)9-7-12/h6-11,16-17H,4-5H2,1-3H3. The first-order valence-corrected chi connectivity index (χ1v) is 6.74. The van der Waals surface area contributed by atoms with Crippen molar-refractivity contribution in [1.82, 2.24) is 5.32 Å². The van der Waals surface area contributed by atoms with Crippen LogP contribution in [0.25, 0.3) is 0 Å². The van der Waals surface area contributed by atoms with E-state index in [0.29, 0.717) is 0 Å². The highest BCUT2D eigenvalue weighted by atomic mass is 16.5. The summed E-state index contributed by atoms with van der Waals surface area (Å²) in [5.41, 5.74) is 1.18. The molecule has 2 aromatic rings. The molecule has 0 aliphatic rings. The minimum Gasteiger partial charge on any atom is -0.497 e. The Balaban J connectivity index is 2.27. The number of aryl methyl sites for hydroxylation is 1. The van der Waals surface area contributed by atoms with Gasteiger partial charge in [0.2, 0.25) is 0 Å². The van der Waals surface area contributed by atoms with Gasteiger partial charge in [-0.05, 0) is 36.4 Å². The Kier molecular flexibility index (Phi) is 4.63. The molecule has 1 aromatic carbocycles. The molecule has 0 bridgehead atoms. The van der Waals surface area contributed by atoms with E-state index in [1.807, 2.05) is 18.2 Å². The molecule has 2 rings (SSSR count). The molecule has 1 unspecified atom stereocenters. The van der Waals surface area contributed by atoms with Crippen LogP contribution in [0.4, 0.5) is 0 Å². The first kappa shape index (κ1) is 13.7. The second kappa shape index (κ2) is 6.43. The molecule has 0 aliphatic heterocycles. The lowest BCUT2D eigenvalue weighted by molar-refractivity contribution is 0.412. The van der Waals surface area contributed by atoms with Crippen LogP contribution in [-0.4, -0.2) is 13.7 Å². The number of ether oxygens (including phenoxy) is 1. The largest absolute Gasteiger partial charge is 0.497 e. The summed E-state index contributed by atoms with van der Waals surface area (Å²) in [6, 6.07) is 12.3. The Morgan fingerprint density at radius 1 is 1.11 bits per heavy atom. The summed E-state index contributed by atoms with van der Waals surface area (Å²) in [5.74, 6) is 2.85. The van der Waals surface area contributed by atoms with Crippen LogP contribution in [0.1, 0.15) is 37.0 Å². The van der Waals surface area contributed by atoms with E-state index in [-0.39, 0.29) is 6.04 Å². The molecule has 1 N–H and O–H groups in total. The predicted octanol–water partition coefficient (Wildman–Crippen LogP) is 3.55. The summed E-state index contributed by atoms with van der Waals surface area (Å²) in [6.45, 7) is 5.08. The van der Waals surface area contributed by atoms with Crippen LogP contribution >= 0.6 is 0 Å². The van der Waals surface area contributed by atoms with E-state index in [1.54, 1.807) is 7.11 Å². The SMILES string of the molecule is CCNC(c1ccc(OC)cc1)c1ccc(CC)o1. The Bertz CT molecular complexity index is 502. The average Bonchev–Trinajstić information content (AvgIpc) is 2.93. The van der Waals surface area contributed by atoms with Gasteiger partial charge in [-0.15, -0.1) is 0 Å². The van der Waals surface area contributed by atoms with Gasteiger partial charge in [0.05, 0.1) is 13.2 Å². The van der Waals surface area contributed by atoms with Crippen molar-refractivity contribution < 1.29 is 9.15 Å². The van der Waals surface area contributed by atoms with Gasteiger partial charge < -0.3 is 14.5 Å². The molecule has 102 valence electrons. The maximum absolute atomic E-state index is 5.86. The zero-order chi connectivity index (χ0) is 13.7. The zero-order valence-electron chi connectivity index (χ0n) is 11.8. The first-order chi connectivity index (χ1) is 9.28. The molecule has 0 aliphatic carbocycles. The van der Waals surface area contributed by atoms with Crippen molar-refractivity contribution >= 4 is 0 Å². The van der Waals surface area contributed by atoms with Gasteiger partial charge >= 0.3 is 0 Å². The van der Waals surface area contributed by atoms with Crippen molar-refractivity contribution in [2.45, 2.75) is 26.3 Å². The monoisotopic (exact) mass is 259 g/mol. The minimum atomic E-state index is 0.0937. The number of methoxy groups -OCH3 is 1. The minimum absolute atomic E-state index is 0.0937. The zero-order valence-corrected chi connectivity index (χ0v) is 11.8. The lowest BCUT2D eigenvalue weighted by atomic mass is 10.0. The van der Waals surface area contributed by atoms with E-state index in [2.05, 4.69) is 37.4 Å². The predicted molar refractivity (Wildman–Crippen MR) is 76.6 cm³/mol. The van der Waals surface area contributed by atoms with E-state index < -0.39 is 0 Å². The summed E-state index contributed by atoms with van der Waals surface area (Å²) in [4.78, 5) is 0. The topological polar surface area (TPSA) is 34.4 Å². The van der Waals surface area contributed by atoms with Crippen molar-refractivity contribution in [2.75, 3.05) is 13.7 Å². The fourth-order valence-electron chi connectivity index (χ4n) is 2.12. The normalized spacial score (nSPS) is 12.4. The van der Waals surface area contributed by atoms with Crippen LogP contribution in [0.2, 0.25) is 0 Å². The highest BCUT2D eigenvalue weighted by molar-refractivity contribution is 5.33. The number of rotatable bonds is 6. The van der Waals surface area contributed by atoms with E-state index in [1.165, 1.54) is 5.56 Å². The average molecular weight is 259 g/mol. The Morgan fingerprint density at radius 2 is 1.84 bits per heavy atom. The number of furan rings is 1. The van der Waals surface area contributed by atoms with Crippen molar-refractivity contribution in [2.24, 2.45) is 0 Å². The molecule has 0 spiro atoms. The summed E-state index contributed by atoms with van der Waals surface area (Å²) in [7, 11) is 1.68. The van der Waals surface area contributed by atoms with Gasteiger partial charge in [0.25, 0.3) is 0 Å². The van der Waals surface area contributed by atoms with Crippen molar-refractivity contribution in [3.8, 4) is 5.75 Å². The van der Waals surface area contributed by atoms with Gasteiger partial charge in [-0.3, -0.25) is 0 Å². The molecule has 1 aromatic heterocycles. The second-order valence-corrected chi connectivity index (χ2v) is 4.42. The third-order valence-corrected chi connectivity index (χ3v) is 3.17. The number of hydrogen-bond acceptors (Lipinski definition) is 3. The lowest BCUT2D eigenvalue weighted by Crippen LogP contribution is -2.21. The Labute approximate surface area is 114 Å². The van der Waals surface area contributed by atoms with Gasteiger partial charge in [-0.2, -0.15) is 0 Å². The van der Waals surface area contributed by atoms with E-state index in [4.69, 9.17) is 9.15 Å². The van der Waals surface area contributed by atoms with E-state index in [0.717, 1.165) is 30.2 Å². The molecule has 0 radical (unpaired) electrons. The van der Waals surface area contributed by atoms with Crippen LogP contribution in [0.3, 0.4) is 0 Å². The number of nitrogens with one attached hydrogen (secondary N) is 1. The number of hydrogen-bond donors (Lipinski definition) is 1. The van der Waals surface area contributed by atoms with Gasteiger partial charge in [-0.1, -0.05) is 26.0 Å². The fourth-order valence-corrected chi connectivity index (χ4v) is 2.12. The molecule has 0 saturated heterocycles. The summed E-state index contributed by atoms with van der Waals surface area (Å²) < 4.78 is 11.1. The molecule has 3 heteroatoms. The molecule has 0 amide bonds.